The van der Waals surface area contributed by atoms with E-state index in [4.69, 9.17) is 0 Å². The zero-order valence-electron chi connectivity index (χ0n) is 9.93. The molecule has 1 fully saturated rings. The molecule has 3 nitrogen and oxygen atoms in total. The SMILES string of the molecule is CCS(=O)(=O)N1CCc2sccc2C1C1CC1. The van der Waals surface area contributed by atoms with Gasteiger partial charge < -0.3 is 0 Å². The lowest BCUT2D eigenvalue weighted by atomic mass is 9.98. The van der Waals surface area contributed by atoms with Gasteiger partial charge in [0.15, 0.2) is 0 Å². The van der Waals surface area contributed by atoms with Crippen molar-refractivity contribution in [3.05, 3.63) is 21.9 Å². The van der Waals surface area contributed by atoms with E-state index in [-0.39, 0.29) is 11.8 Å². The van der Waals surface area contributed by atoms with Gasteiger partial charge in [-0.15, -0.1) is 11.3 Å². The highest BCUT2D eigenvalue weighted by molar-refractivity contribution is 7.89. The van der Waals surface area contributed by atoms with E-state index in [1.54, 1.807) is 22.6 Å². The fourth-order valence-corrected chi connectivity index (χ4v) is 4.95. The molecular formula is C12H17NO2S2. The Morgan fingerprint density at radius 1 is 1.47 bits per heavy atom. The first-order chi connectivity index (χ1) is 8.13. The van der Waals surface area contributed by atoms with E-state index in [9.17, 15) is 8.42 Å². The first-order valence-corrected chi connectivity index (χ1v) is 8.68. The van der Waals surface area contributed by atoms with E-state index in [1.165, 1.54) is 23.3 Å². The highest BCUT2D eigenvalue weighted by atomic mass is 32.2. The third-order valence-corrected chi connectivity index (χ3v) is 6.61. The van der Waals surface area contributed by atoms with Crippen molar-refractivity contribution in [1.82, 2.24) is 4.31 Å². The third-order valence-electron chi connectivity index (χ3n) is 3.76. The topological polar surface area (TPSA) is 37.4 Å². The summed E-state index contributed by atoms with van der Waals surface area (Å²) in [5.41, 5.74) is 1.28. The summed E-state index contributed by atoms with van der Waals surface area (Å²) >= 11 is 1.77. The van der Waals surface area contributed by atoms with Gasteiger partial charge >= 0.3 is 0 Å². The van der Waals surface area contributed by atoms with Crippen LogP contribution in [-0.2, 0) is 16.4 Å². The fraction of sp³-hybridized carbons (Fsp3) is 0.667. The van der Waals surface area contributed by atoms with Gasteiger partial charge in [-0.25, -0.2) is 8.42 Å². The molecule has 1 aromatic rings. The Hall–Kier alpha value is -0.390. The number of hydrogen-bond acceptors (Lipinski definition) is 3. The summed E-state index contributed by atoms with van der Waals surface area (Å²) in [4.78, 5) is 1.39. The molecule has 1 saturated carbocycles. The van der Waals surface area contributed by atoms with Crippen molar-refractivity contribution in [3.8, 4) is 0 Å². The van der Waals surface area contributed by atoms with Crippen molar-refractivity contribution in [2.75, 3.05) is 12.3 Å². The maximum atomic E-state index is 12.2. The molecule has 1 aliphatic heterocycles. The molecule has 0 radical (unpaired) electrons. The van der Waals surface area contributed by atoms with Crippen LogP contribution in [0.3, 0.4) is 0 Å². The quantitative estimate of drug-likeness (QED) is 0.846. The Morgan fingerprint density at radius 3 is 2.88 bits per heavy atom. The summed E-state index contributed by atoms with van der Waals surface area (Å²) in [6.07, 6.45) is 3.24. The smallest absolute Gasteiger partial charge is 0.212 e. The highest BCUT2D eigenvalue weighted by Crippen LogP contribution is 2.49. The van der Waals surface area contributed by atoms with E-state index in [0.29, 0.717) is 12.5 Å². The highest BCUT2D eigenvalue weighted by Gasteiger charge is 2.43. The molecular weight excluding hydrogens is 254 g/mol. The zero-order valence-corrected chi connectivity index (χ0v) is 11.6. The van der Waals surface area contributed by atoms with Crippen LogP contribution in [0.15, 0.2) is 11.4 Å². The molecule has 0 amide bonds. The minimum Gasteiger partial charge on any atom is -0.212 e. The average Bonchev–Trinajstić information content (AvgIpc) is 3.04. The van der Waals surface area contributed by atoms with E-state index in [2.05, 4.69) is 11.4 Å². The third kappa shape index (κ3) is 1.94. The Bertz CT molecular complexity index is 516. The van der Waals surface area contributed by atoms with E-state index < -0.39 is 10.0 Å². The van der Waals surface area contributed by atoms with Gasteiger partial charge in [0.1, 0.15) is 0 Å². The molecule has 5 heteroatoms. The molecule has 3 rings (SSSR count). The van der Waals surface area contributed by atoms with Crippen molar-refractivity contribution in [2.45, 2.75) is 32.2 Å². The van der Waals surface area contributed by atoms with Gasteiger partial charge in [0, 0.05) is 11.4 Å². The van der Waals surface area contributed by atoms with E-state index >= 15 is 0 Å². The van der Waals surface area contributed by atoms with Crippen LogP contribution in [-0.4, -0.2) is 25.0 Å². The monoisotopic (exact) mass is 271 g/mol. The summed E-state index contributed by atoms with van der Waals surface area (Å²) in [5, 5.41) is 2.10. The summed E-state index contributed by atoms with van der Waals surface area (Å²) in [7, 11) is -3.06. The number of rotatable bonds is 3. The average molecular weight is 271 g/mol. The van der Waals surface area contributed by atoms with E-state index in [0.717, 1.165) is 6.42 Å². The number of hydrogen-bond donors (Lipinski definition) is 0. The van der Waals surface area contributed by atoms with Gasteiger partial charge in [-0.2, -0.15) is 4.31 Å². The summed E-state index contributed by atoms with van der Waals surface area (Å²) in [5.74, 6) is 0.778. The minimum atomic E-state index is -3.06. The van der Waals surface area contributed by atoms with Gasteiger partial charge in [0.25, 0.3) is 0 Å². The molecule has 0 saturated heterocycles. The Morgan fingerprint density at radius 2 is 2.24 bits per heavy atom. The van der Waals surface area contributed by atoms with E-state index in [1.807, 2.05) is 0 Å². The van der Waals surface area contributed by atoms with Crippen LogP contribution in [0.5, 0.6) is 0 Å². The molecule has 2 aliphatic rings. The maximum absolute atomic E-state index is 12.2. The van der Waals surface area contributed by atoms with Crippen LogP contribution in [0.1, 0.15) is 36.2 Å². The minimum absolute atomic E-state index is 0.134. The van der Waals surface area contributed by atoms with Crippen molar-refractivity contribution in [1.29, 1.82) is 0 Å². The fourth-order valence-electron chi connectivity index (χ4n) is 2.70. The van der Waals surface area contributed by atoms with Gasteiger partial charge in [-0.1, -0.05) is 0 Å². The Labute approximate surface area is 107 Å². The lowest BCUT2D eigenvalue weighted by Crippen LogP contribution is -2.41. The molecule has 0 aromatic carbocycles. The van der Waals surface area contributed by atoms with Crippen LogP contribution in [0, 0.1) is 5.92 Å². The normalized spacial score (nSPS) is 25.8. The summed E-state index contributed by atoms with van der Waals surface area (Å²) in [6, 6.07) is 2.26. The van der Waals surface area contributed by atoms with Gasteiger partial charge in [0.2, 0.25) is 10.0 Å². The molecule has 0 bridgehead atoms. The zero-order chi connectivity index (χ0) is 12.0. The maximum Gasteiger partial charge on any atom is 0.214 e. The number of nitrogens with zero attached hydrogens (tertiary/aromatic N) is 1. The second kappa shape index (κ2) is 4.07. The molecule has 94 valence electrons. The molecule has 1 atom stereocenters. The predicted octanol–water partition coefficient (Wildman–Crippen LogP) is 2.41. The second-order valence-corrected chi connectivity index (χ2v) is 8.05. The number of fused-ring (bicyclic) bond motifs is 1. The predicted molar refractivity (Wildman–Crippen MR) is 69.7 cm³/mol. The van der Waals surface area contributed by atoms with Gasteiger partial charge in [0.05, 0.1) is 11.8 Å². The van der Waals surface area contributed by atoms with Crippen LogP contribution < -0.4 is 0 Å². The second-order valence-electron chi connectivity index (χ2n) is 4.84. The lowest BCUT2D eigenvalue weighted by molar-refractivity contribution is 0.283. The molecule has 0 N–H and O–H groups in total. The van der Waals surface area contributed by atoms with Gasteiger partial charge in [-0.3, -0.25) is 0 Å². The Kier molecular flexibility index (Phi) is 2.80. The standard InChI is InChI=1S/C12H17NO2S2/c1-2-17(14,15)13-7-5-11-10(6-8-16-11)12(13)9-3-4-9/h6,8-9,12H,2-5,7H2,1H3. The van der Waals surface area contributed by atoms with Crippen LogP contribution in [0.25, 0.3) is 0 Å². The Balaban J connectivity index is 2.02. The molecule has 17 heavy (non-hydrogen) atoms. The number of thiophene rings is 1. The van der Waals surface area contributed by atoms with Gasteiger partial charge in [-0.05, 0) is 49.1 Å². The van der Waals surface area contributed by atoms with Crippen molar-refractivity contribution in [2.24, 2.45) is 5.92 Å². The lowest BCUT2D eigenvalue weighted by Gasteiger charge is -2.34. The van der Waals surface area contributed by atoms with Crippen molar-refractivity contribution >= 4 is 21.4 Å². The first kappa shape index (κ1) is 11.7. The molecule has 2 heterocycles. The molecule has 1 unspecified atom stereocenters. The number of sulfonamides is 1. The van der Waals surface area contributed by atoms with Crippen LogP contribution >= 0.6 is 11.3 Å². The molecule has 1 aliphatic carbocycles. The van der Waals surface area contributed by atoms with Crippen LogP contribution in [0.2, 0.25) is 0 Å². The first-order valence-electron chi connectivity index (χ1n) is 6.19. The molecule has 1 aromatic heterocycles. The van der Waals surface area contributed by atoms with Crippen LogP contribution in [0.4, 0.5) is 0 Å². The summed E-state index contributed by atoms with van der Waals surface area (Å²) in [6.45, 7) is 2.41. The van der Waals surface area contributed by atoms with Crippen molar-refractivity contribution in [3.63, 3.8) is 0 Å². The summed E-state index contributed by atoms with van der Waals surface area (Å²) < 4.78 is 26.1. The van der Waals surface area contributed by atoms with Crippen molar-refractivity contribution < 1.29 is 8.42 Å². The largest absolute Gasteiger partial charge is 0.214 e. The molecule has 0 spiro atoms.